The molecule has 2 rings (SSSR count). The molecule has 68 valence electrons. The molecule has 1 N–H and O–H groups in total. The van der Waals surface area contributed by atoms with Crippen LogP contribution in [-0.4, -0.2) is 27.7 Å². The van der Waals surface area contributed by atoms with E-state index in [1.807, 2.05) is 0 Å². The fourth-order valence-corrected chi connectivity index (χ4v) is 2.28. The summed E-state index contributed by atoms with van der Waals surface area (Å²) in [5, 5.41) is 9.51. The second kappa shape index (κ2) is 2.25. The monoisotopic (exact) mass is 167 g/mol. The van der Waals surface area contributed by atoms with Gasteiger partial charge in [0.25, 0.3) is 0 Å². The van der Waals surface area contributed by atoms with Crippen molar-refractivity contribution in [3.8, 4) is 0 Å². The lowest BCUT2D eigenvalue weighted by atomic mass is 10.0. The number of fused-ring (bicyclic) bond motifs is 2. The summed E-state index contributed by atoms with van der Waals surface area (Å²) in [7, 11) is 0. The van der Waals surface area contributed by atoms with Gasteiger partial charge in [0.05, 0.1) is 6.10 Å². The first-order valence-electron chi connectivity index (χ1n) is 4.65. The summed E-state index contributed by atoms with van der Waals surface area (Å²) in [6.45, 7) is 6.66. The summed E-state index contributed by atoms with van der Waals surface area (Å²) in [6, 6.07) is 0.565. The molecule has 1 heterocycles. The van der Waals surface area contributed by atoms with E-state index in [0.29, 0.717) is 6.04 Å². The Balaban J connectivity index is 2.21. The van der Waals surface area contributed by atoms with Gasteiger partial charge in [-0.1, -0.05) is 0 Å². The smallest absolute Gasteiger partial charge is 0.0787 e. The largest absolute Gasteiger partial charge is 0.389 e. The van der Waals surface area contributed by atoms with Gasteiger partial charge in [-0.25, -0.2) is 0 Å². The first kappa shape index (κ1) is 8.11. The molecule has 2 bridgehead atoms. The molecule has 2 unspecified atom stereocenters. The van der Waals surface area contributed by atoms with Gasteiger partial charge < -0.3 is 10.0 Å². The van der Waals surface area contributed by atoms with Crippen molar-refractivity contribution in [1.29, 1.82) is 0 Å². The second-order valence-electron chi connectivity index (χ2n) is 4.89. The molecule has 2 aliphatic rings. The summed E-state index contributed by atoms with van der Waals surface area (Å²) in [5.74, 6) is 0. The molecule has 2 nitrogen and oxygen atoms in total. The minimum Gasteiger partial charge on any atom is -0.389 e. The van der Waals surface area contributed by atoms with Gasteiger partial charge in [0.15, 0.2) is 0 Å². The fraction of sp³-hybridized carbons (Fsp3) is 0.800. The number of aliphatic hydroxyl groups is 1. The molecular formula is C10H17NO. The van der Waals surface area contributed by atoms with E-state index in [9.17, 15) is 5.11 Å². The molecule has 2 heteroatoms. The fourth-order valence-electron chi connectivity index (χ4n) is 2.28. The maximum absolute atomic E-state index is 9.51. The molecule has 0 aromatic carbocycles. The average molecular weight is 167 g/mol. The van der Waals surface area contributed by atoms with Gasteiger partial charge in [-0.2, -0.15) is 0 Å². The summed E-state index contributed by atoms with van der Waals surface area (Å²) in [6.07, 6.45) is 4.02. The van der Waals surface area contributed by atoms with Crippen LogP contribution in [0, 0.1) is 0 Å². The van der Waals surface area contributed by atoms with Crippen molar-refractivity contribution in [3.05, 3.63) is 11.8 Å². The molecule has 0 aromatic heterocycles. The number of rotatable bonds is 0. The van der Waals surface area contributed by atoms with Gasteiger partial charge in [0, 0.05) is 17.8 Å². The molecular weight excluding hydrogens is 150 g/mol. The molecule has 0 saturated heterocycles. The second-order valence-corrected chi connectivity index (χ2v) is 4.89. The van der Waals surface area contributed by atoms with E-state index in [0.717, 1.165) is 12.8 Å². The molecule has 1 aliphatic carbocycles. The Labute approximate surface area is 73.9 Å². The Bertz CT molecular complexity index is 226. The Morgan fingerprint density at radius 2 is 2.17 bits per heavy atom. The highest BCUT2D eigenvalue weighted by atomic mass is 16.3. The molecule has 0 spiro atoms. The molecule has 12 heavy (non-hydrogen) atoms. The minimum atomic E-state index is -0.145. The Morgan fingerprint density at radius 3 is 2.50 bits per heavy atom. The third-order valence-electron chi connectivity index (χ3n) is 2.87. The Kier molecular flexibility index (Phi) is 1.52. The highest BCUT2D eigenvalue weighted by molar-refractivity contribution is 5.24. The van der Waals surface area contributed by atoms with Crippen LogP contribution >= 0.6 is 0 Å². The zero-order valence-corrected chi connectivity index (χ0v) is 8.04. The van der Waals surface area contributed by atoms with E-state index in [2.05, 4.69) is 31.9 Å². The van der Waals surface area contributed by atoms with E-state index < -0.39 is 0 Å². The normalized spacial score (nSPS) is 34.3. The van der Waals surface area contributed by atoms with Crippen LogP contribution in [0.4, 0.5) is 0 Å². The van der Waals surface area contributed by atoms with Crippen LogP contribution < -0.4 is 0 Å². The first-order valence-corrected chi connectivity index (χ1v) is 4.65. The summed E-state index contributed by atoms with van der Waals surface area (Å²) < 4.78 is 0. The van der Waals surface area contributed by atoms with Crippen LogP contribution in [0.2, 0.25) is 0 Å². The first-order chi connectivity index (χ1) is 5.48. The molecule has 1 fully saturated rings. The van der Waals surface area contributed by atoms with Gasteiger partial charge in [-0.3, -0.25) is 0 Å². The van der Waals surface area contributed by atoms with Crippen molar-refractivity contribution in [1.82, 2.24) is 4.90 Å². The number of aliphatic hydroxyl groups excluding tert-OH is 1. The highest BCUT2D eigenvalue weighted by Crippen LogP contribution is 2.39. The van der Waals surface area contributed by atoms with E-state index in [-0.39, 0.29) is 11.6 Å². The zero-order chi connectivity index (χ0) is 8.93. The van der Waals surface area contributed by atoms with Gasteiger partial charge in [0.1, 0.15) is 0 Å². The van der Waals surface area contributed by atoms with Gasteiger partial charge in [0.2, 0.25) is 0 Å². The summed E-state index contributed by atoms with van der Waals surface area (Å²) in [4.78, 5) is 2.38. The van der Waals surface area contributed by atoms with E-state index in [1.165, 1.54) is 5.57 Å². The molecule has 2 atom stereocenters. The Hall–Kier alpha value is -0.500. The van der Waals surface area contributed by atoms with Crippen molar-refractivity contribution >= 4 is 0 Å². The lowest BCUT2D eigenvalue weighted by Gasteiger charge is -2.38. The summed E-state index contributed by atoms with van der Waals surface area (Å²) in [5.41, 5.74) is 1.45. The predicted molar refractivity (Wildman–Crippen MR) is 48.7 cm³/mol. The van der Waals surface area contributed by atoms with Crippen LogP contribution in [0.15, 0.2) is 11.8 Å². The minimum absolute atomic E-state index is 0.145. The molecule has 1 saturated carbocycles. The quantitative estimate of drug-likeness (QED) is 0.591. The SMILES string of the molecule is CC(C)(C)N1C=C2CC1CC2O. The number of hydrogen-bond donors (Lipinski definition) is 1. The van der Waals surface area contributed by atoms with Crippen molar-refractivity contribution in [2.24, 2.45) is 0 Å². The Morgan fingerprint density at radius 1 is 1.50 bits per heavy atom. The van der Waals surface area contributed by atoms with E-state index in [4.69, 9.17) is 0 Å². The van der Waals surface area contributed by atoms with Crippen LogP contribution in [0.25, 0.3) is 0 Å². The molecule has 0 amide bonds. The van der Waals surface area contributed by atoms with Crippen LogP contribution in [-0.2, 0) is 0 Å². The third-order valence-corrected chi connectivity index (χ3v) is 2.87. The van der Waals surface area contributed by atoms with Crippen LogP contribution in [0.5, 0.6) is 0 Å². The lowest BCUT2D eigenvalue weighted by Crippen LogP contribution is -2.43. The number of hydrogen-bond acceptors (Lipinski definition) is 2. The predicted octanol–water partition coefficient (Wildman–Crippen LogP) is 1.51. The van der Waals surface area contributed by atoms with Gasteiger partial charge in [-0.05, 0) is 39.2 Å². The average Bonchev–Trinajstić information content (AvgIpc) is 2.41. The van der Waals surface area contributed by atoms with Crippen molar-refractivity contribution in [2.75, 3.05) is 0 Å². The highest BCUT2D eigenvalue weighted by Gasteiger charge is 2.40. The maximum Gasteiger partial charge on any atom is 0.0787 e. The van der Waals surface area contributed by atoms with Crippen molar-refractivity contribution < 1.29 is 5.11 Å². The molecule has 0 radical (unpaired) electrons. The third kappa shape index (κ3) is 1.06. The van der Waals surface area contributed by atoms with Gasteiger partial charge in [-0.15, -0.1) is 0 Å². The summed E-state index contributed by atoms with van der Waals surface area (Å²) >= 11 is 0. The maximum atomic E-state index is 9.51. The van der Waals surface area contributed by atoms with E-state index in [1.54, 1.807) is 0 Å². The zero-order valence-electron chi connectivity index (χ0n) is 8.04. The van der Waals surface area contributed by atoms with Crippen LogP contribution in [0.3, 0.4) is 0 Å². The molecule has 1 aliphatic heterocycles. The van der Waals surface area contributed by atoms with Crippen molar-refractivity contribution in [2.45, 2.75) is 51.3 Å². The topological polar surface area (TPSA) is 23.5 Å². The number of nitrogens with zero attached hydrogens (tertiary/aromatic N) is 1. The standard InChI is InChI=1S/C10H17NO/c1-10(2,3)11-6-7-4-8(11)5-9(7)12/h6,8-9,12H,4-5H2,1-3H3. The van der Waals surface area contributed by atoms with Crippen molar-refractivity contribution in [3.63, 3.8) is 0 Å². The van der Waals surface area contributed by atoms with Gasteiger partial charge >= 0.3 is 0 Å². The van der Waals surface area contributed by atoms with Crippen LogP contribution in [0.1, 0.15) is 33.6 Å². The van der Waals surface area contributed by atoms with E-state index >= 15 is 0 Å². The lowest BCUT2D eigenvalue weighted by molar-refractivity contribution is 0.117. The molecule has 0 aromatic rings.